The Morgan fingerprint density at radius 1 is 1.14 bits per heavy atom. The number of ether oxygens (including phenoxy) is 1. The molecular weight excluding hydrogens is 678 g/mol. The minimum absolute atomic E-state index is 0.00818. The summed E-state index contributed by atoms with van der Waals surface area (Å²) in [4.78, 5) is 40.6. The molecule has 1 spiro atoms. The maximum absolute atomic E-state index is 12.9. The molecule has 12 nitrogen and oxygen atoms in total. The number of nitrogens with zero attached hydrogens (tertiary/aromatic N) is 6. The van der Waals surface area contributed by atoms with Gasteiger partial charge in [0.2, 0.25) is 0 Å². The van der Waals surface area contributed by atoms with Gasteiger partial charge in [0.05, 0.1) is 34.5 Å². The lowest BCUT2D eigenvalue weighted by atomic mass is 9.72. The zero-order valence-electron chi connectivity index (χ0n) is 27.8. The highest BCUT2D eigenvalue weighted by molar-refractivity contribution is 7.99. The van der Waals surface area contributed by atoms with Crippen LogP contribution < -0.4 is 10.2 Å². The van der Waals surface area contributed by atoms with E-state index in [1.807, 2.05) is 51.4 Å². The molecule has 1 aliphatic heterocycles. The molecule has 258 valence electrons. The summed E-state index contributed by atoms with van der Waals surface area (Å²) in [6, 6.07) is 16.2. The summed E-state index contributed by atoms with van der Waals surface area (Å²) in [6.07, 6.45) is 7.42. The highest BCUT2D eigenvalue weighted by Crippen LogP contribution is 2.52. The predicted molar refractivity (Wildman–Crippen MR) is 191 cm³/mol. The Balaban J connectivity index is 1.07. The van der Waals surface area contributed by atoms with Crippen molar-refractivity contribution in [2.45, 2.75) is 68.2 Å². The van der Waals surface area contributed by atoms with Crippen LogP contribution in [0.3, 0.4) is 0 Å². The lowest BCUT2D eigenvalue weighted by Gasteiger charge is -2.44. The van der Waals surface area contributed by atoms with Crippen molar-refractivity contribution in [3.05, 3.63) is 105 Å². The van der Waals surface area contributed by atoms with Crippen molar-refractivity contribution in [1.29, 1.82) is 0 Å². The molecule has 3 aromatic heterocycles. The molecule has 2 N–H and O–H groups in total. The molecule has 1 aliphatic carbocycles. The van der Waals surface area contributed by atoms with E-state index in [9.17, 15) is 20.0 Å². The van der Waals surface area contributed by atoms with Crippen molar-refractivity contribution in [2.75, 3.05) is 18.0 Å². The molecule has 14 heteroatoms. The maximum Gasteiger partial charge on any atom is 0.408 e. The number of non-ortho nitro benzene ring substituents is 1. The van der Waals surface area contributed by atoms with Crippen molar-refractivity contribution in [2.24, 2.45) is 5.41 Å². The van der Waals surface area contributed by atoms with Crippen LogP contribution in [0.2, 0.25) is 5.02 Å². The zero-order valence-corrected chi connectivity index (χ0v) is 29.4. The van der Waals surface area contributed by atoms with Gasteiger partial charge in [-0.25, -0.2) is 19.7 Å². The molecule has 1 fully saturated rings. The lowest BCUT2D eigenvalue weighted by molar-refractivity contribution is -0.384. The summed E-state index contributed by atoms with van der Waals surface area (Å²) >= 11 is 8.15. The molecule has 1 saturated heterocycles. The standard InChI is InChI=1S/C36H36ClN7O5S/c1-35(2,3)49-34(46)41-31-25-7-5-4-6-23(25)18-36(31)13-16-42(17-14-36)32-27(21-45)39-29(19-38-32)50-28-12-15-43-20-26(40-33(43)30(28)37)22-8-10-24(11-9-22)44(47)48/h4-12,15,19-20,31,45H,13-14,16-18,21H2,1-3H3,(H,41,46)/t31-/m1/s1. The normalized spacial score (nSPS) is 16.8. The number of amides is 1. The van der Waals surface area contributed by atoms with Crippen LogP contribution in [0, 0.1) is 15.5 Å². The predicted octanol–water partition coefficient (Wildman–Crippen LogP) is 7.41. The monoisotopic (exact) mass is 713 g/mol. The maximum atomic E-state index is 12.9. The number of pyridine rings is 1. The molecule has 50 heavy (non-hydrogen) atoms. The number of alkyl carbamates (subject to hydrolysis) is 1. The van der Waals surface area contributed by atoms with Gasteiger partial charge in [0.1, 0.15) is 16.3 Å². The SMILES string of the molecule is CC(C)(C)OC(=O)N[C@@H]1c2ccccc2CC12CCN(c1ncc(Sc3ccn4cc(-c5ccc([N+](=O)[O-])cc5)nc4c3Cl)nc1CO)CC2. The van der Waals surface area contributed by atoms with E-state index in [2.05, 4.69) is 27.3 Å². The molecule has 1 atom stereocenters. The minimum Gasteiger partial charge on any atom is -0.444 e. The minimum atomic E-state index is -0.597. The zero-order chi connectivity index (χ0) is 35.2. The Morgan fingerprint density at radius 3 is 2.58 bits per heavy atom. The first kappa shape index (κ1) is 33.8. The number of aromatic nitrogens is 4. The van der Waals surface area contributed by atoms with Gasteiger partial charge in [-0.15, -0.1) is 0 Å². The van der Waals surface area contributed by atoms with E-state index in [0.29, 0.717) is 46.0 Å². The number of benzene rings is 2. The van der Waals surface area contributed by atoms with Crippen LogP contribution in [0.15, 0.2) is 83.1 Å². The highest BCUT2D eigenvalue weighted by atomic mass is 35.5. The van der Waals surface area contributed by atoms with Gasteiger partial charge < -0.3 is 24.5 Å². The average molecular weight is 714 g/mol. The number of aliphatic hydroxyl groups is 1. The number of nitrogens with one attached hydrogen (secondary N) is 1. The van der Waals surface area contributed by atoms with E-state index in [1.54, 1.807) is 22.7 Å². The first-order chi connectivity index (χ1) is 23.9. The summed E-state index contributed by atoms with van der Waals surface area (Å²) in [5, 5.41) is 25.6. The Bertz CT molecular complexity index is 2090. The second-order valence-corrected chi connectivity index (χ2v) is 15.1. The van der Waals surface area contributed by atoms with Crippen LogP contribution in [-0.4, -0.2) is 54.2 Å². The largest absolute Gasteiger partial charge is 0.444 e. The fourth-order valence-electron chi connectivity index (χ4n) is 6.98. The number of imidazole rings is 1. The Labute approximate surface area is 298 Å². The van der Waals surface area contributed by atoms with Crippen molar-refractivity contribution in [1.82, 2.24) is 24.7 Å². The van der Waals surface area contributed by atoms with Gasteiger partial charge in [-0.05, 0) is 69.4 Å². The smallest absolute Gasteiger partial charge is 0.408 e. The van der Waals surface area contributed by atoms with E-state index in [-0.39, 0.29) is 23.8 Å². The topological polar surface area (TPSA) is 148 Å². The number of hydrogen-bond donors (Lipinski definition) is 2. The molecule has 2 aliphatic rings. The number of hydrogen-bond acceptors (Lipinski definition) is 10. The third kappa shape index (κ3) is 6.60. The molecule has 0 saturated carbocycles. The third-order valence-electron chi connectivity index (χ3n) is 9.31. The second kappa shape index (κ2) is 13.2. The third-order valence-corrected chi connectivity index (χ3v) is 10.8. The lowest BCUT2D eigenvalue weighted by Crippen LogP contribution is -2.48. The summed E-state index contributed by atoms with van der Waals surface area (Å²) in [6.45, 7) is 6.68. The van der Waals surface area contributed by atoms with E-state index < -0.39 is 16.6 Å². The van der Waals surface area contributed by atoms with Crippen molar-refractivity contribution in [3.8, 4) is 11.3 Å². The number of aliphatic hydroxyl groups excluding tert-OH is 1. The van der Waals surface area contributed by atoms with Gasteiger partial charge in [-0.1, -0.05) is 47.6 Å². The number of nitro groups is 1. The Morgan fingerprint density at radius 2 is 1.88 bits per heavy atom. The first-order valence-electron chi connectivity index (χ1n) is 16.3. The molecule has 0 bridgehead atoms. The van der Waals surface area contributed by atoms with Gasteiger partial charge >= 0.3 is 6.09 Å². The van der Waals surface area contributed by atoms with Crippen LogP contribution in [-0.2, 0) is 17.8 Å². The number of carbonyl (C=O) groups is 1. The number of carbonyl (C=O) groups excluding carboxylic acids is 1. The molecular formula is C36H36ClN7O5S. The summed E-state index contributed by atoms with van der Waals surface area (Å²) in [7, 11) is 0. The summed E-state index contributed by atoms with van der Waals surface area (Å²) in [5.41, 5.74) is 4.00. The number of rotatable bonds is 7. The highest BCUT2D eigenvalue weighted by Gasteiger charge is 2.49. The summed E-state index contributed by atoms with van der Waals surface area (Å²) in [5.74, 6) is 0.640. The van der Waals surface area contributed by atoms with Crippen LogP contribution in [0.4, 0.5) is 16.3 Å². The fraction of sp³-hybridized carbons (Fsp3) is 0.333. The molecule has 7 rings (SSSR count). The first-order valence-corrected chi connectivity index (χ1v) is 17.5. The van der Waals surface area contributed by atoms with Crippen molar-refractivity contribution < 1.29 is 19.6 Å². The molecule has 0 radical (unpaired) electrons. The number of halogens is 1. The van der Waals surface area contributed by atoms with Gasteiger partial charge in [0, 0.05) is 53.5 Å². The molecule has 5 aromatic rings. The second-order valence-electron chi connectivity index (χ2n) is 13.7. The van der Waals surface area contributed by atoms with Crippen molar-refractivity contribution in [3.63, 3.8) is 0 Å². The van der Waals surface area contributed by atoms with Crippen LogP contribution in [0.5, 0.6) is 0 Å². The Kier molecular flexibility index (Phi) is 8.91. The van der Waals surface area contributed by atoms with Crippen LogP contribution in [0.1, 0.15) is 56.5 Å². The quantitative estimate of drug-likeness (QED) is 0.129. The number of fused-ring (bicyclic) bond motifs is 2. The van der Waals surface area contributed by atoms with Crippen LogP contribution >= 0.6 is 23.4 Å². The van der Waals surface area contributed by atoms with Gasteiger partial charge in [0.15, 0.2) is 11.5 Å². The van der Waals surface area contributed by atoms with Crippen molar-refractivity contribution >= 4 is 46.6 Å². The average Bonchev–Trinajstić information content (AvgIpc) is 3.65. The van der Waals surface area contributed by atoms with Gasteiger partial charge in [-0.2, -0.15) is 0 Å². The van der Waals surface area contributed by atoms with Gasteiger partial charge in [-0.3, -0.25) is 10.1 Å². The Hall–Kier alpha value is -4.72. The molecule has 2 aromatic carbocycles. The number of anilines is 1. The number of nitro benzene ring substituents is 1. The fourth-order valence-corrected chi connectivity index (χ4v) is 8.10. The number of piperidine rings is 1. The molecule has 0 unspecified atom stereocenters. The van der Waals surface area contributed by atoms with Crippen LogP contribution in [0.25, 0.3) is 16.9 Å². The molecule has 4 heterocycles. The van der Waals surface area contributed by atoms with E-state index >= 15 is 0 Å². The van der Waals surface area contributed by atoms with E-state index in [0.717, 1.165) is 35.3 Å². The van der Waals surface area contributed by atoms with Gasteiger partial charge in [0.25, 0.3) is 5.69 Å². The van der Waals surface area contributed by atoms with E-state index in [1.165, 1.54) is 29.5 Å². The van der Waals surface area contributed by atoms with E-state index in [4.69, 9.17) is 26.3 Å². The molecule has 1 amide bonds. The summed E-state index contributed by atoms with van der Waals surface area (Å²) < 4.78 is 7.44.